The molecule has 1 unspecified atom stereocenters. The average molecular weight is 473 g/mol. The van der Waals surface area contributed by atoms with Crippen molar-refractivity contribution < 1.29 is 19.8 Å². The Kier molecular flexibility index (Phi) is 5.48. The largest absolute Gasteiger partial charge is 0.392 e. The van der Waals surface area contributed by atoms with E-state index in [9.17, 15) is 19.8 Å². The van der Waals surface area contributed by atoms with Gasteiger partial charge in [0.15, 0.2) is 11.6 Å². The third kappa shape index (κ3) is 3.54. The maximum absolute atomic E-state index is 14.2. The van der Waals surface area contributed by atoms with E-state index < -0.39 is 0 Å². The van der Waals surface area contributed by atoms with Gasteiger partial charge in [-0.1, -0.05) is 84.9 Å². The van der Waals surface area contributed by atoms with Crippen molar-refractivity contribution in [1.82, 2.24) is 0 Å². The average Bonchev–Trinajstić information content (AvgIpc) is 3.30. The molecule has 6 rings (SSSR count). The van der Waals surface area contributed by atoms with Crippen LogP contribution >= 0.6 is 0 Å². The summed E-state index contributed by atoms with van der Waals surface area (Å²) in [6.45, 7) is -0.198. The summed E-state index contributed by atoms with van der Waals surface area (Å²) in [4.78, 5) is 27.9. The quantitative estimate of drug-likeness (QED) is 0.394. The molecule has 0 radical (unpaired) electrons. The number of aliphatic hydroxyl groups is 2. The minimum atomic E-state index is -0.203. The van der Waals surface area contributed by atoms with Gasteiger partial charge in [0.05, 0.1) is 13.2 Å². The van der Waals surface area contributed by atoms with Crippen molar-refractivity contribution in [1.29, 1.82) is 0 Å². The molecule has 0 saturated heterocycles. The van der Waals surface area contributed by atoms with Crippen LogP contribution in [0, 0.1) is 0 Å². The van der Waals surface area contributed by atoms with Crippen molar-refractivity contribution in [3.63, 3.8) is 0 Å². The Morgan fingerprint density at radius 3 is 1.89 bits per heavy atom. The minimum Gasteiger partial charge on any atom is -0.392 e. The van der Waals surface area contributed by atoms with Gasteiger partial charge in [0, 0.05) is 22.6 Å². The number of Topliss-reactive ketones (excluding diaryl/α,β-unsaturated/α-hetero) is 1. The maximum Gasteiger partial charge on any atom is 0.191 e. The SMILES string of the molecule is O=C1C=C(C2Cc3cccc4cccc2c34)C(=O)C(c2ccc(CO)cc2)=C1c1ccc(CO)cc1. The van der Waals surface area contributed by atoms with Crippen molar-refractivity contribution >= 4 is 33.5 Å². The summed E-state index contributed by atoms with van der Waals surface area (Å²) in [6.07, 6.45) is 2.21. The fraction of sp³-hybridized carbons (Fsp3) is 0.125. The van der Waals surface area contributed by atoms with Gasteiger partial charge in [-0.3, -0.25) is 9.59 Å². The molecule has 0 aliphatic heterocycles. The van der Waals surface area contributed by atoms with Gasteiger partial charge in [-0.2, -0.15) is 0 Å². The zero-order valence-corrected chi connectivity index (χ0v) is 19.6. The van der Waals surface area contributed by atoms with E-state index >= 15 is 0 Å². The number of carbonyl (C=O) groups is 2. The van der Waals surface area contributed by atoms with Crippen molar-refractivity contribution in [2.45, 2.75) is 25.6 Å². The van der Waals surface area contributed by atoms with Crippen LogP contribution in [0.2, 0.25) is 0 Å². The molecule has 2 N–H and O–H groups in total. The van der Waals surface area contributed by atoms with Crippen LogP contribution in [0.1, 0.15) is 39.3 Å². The zero-order chi connectivity index (χ0) is 24.8. The Hall–Kier alpha value is -4.12. The van der Waals surface area contributed by atoms with E-state index in [0.717, 1.165) is 22.1 Å². The van der Waals surface area contributed by atoms with E-state index in [-0.39, 0.29) is 30.7 Å². The maximum atomic E-state index is 14.2. The number of carbonyl (C=O) groups excluding carboxylic acids is 2. The standard InChI is InChI=1S/C32H24O4/c33-17-19-7-11-22(12-8-19)30-28(35)16-27(32(36)31(30)23-13-9-20(18-34)10-14-23)26-15-24-5-1-3-21-4-2-6-25(26)29(21)24/h1-14,16,26,33-34H,15,17-18H2. The topological polar surface area (TPSA) is 74.6 Å². The van der Waals surface area contributed by atoms with Crippen LogP contribution in [0.25, 0.3) is 21.9 Å². The molecule has 176 valence electrons. The number of aliphatic hydroxyl groups excluding tert-OH is 2. The van der Waals surface area contributed by atoms with Crippen LogP contribution in [-0.2, 0) is 29.2 Å². The predicted octanol–water partition coefficient (Wildman–Crippen LogP) is 5.15. The highest BCUT2D eigenvalue weighted by molar-refractivity contribution is 6.49. The first-order valence-electron chi connectivity index (χ1n) is 12.0. The van der Waals surface area contributed by atoms with E-state index in [1.807, 2.05) is 12.1 Å². The lowest BCUT2D eigenvalue weighted by Crippen LogP contribution is -2.22. The fourth-order valence-electron chi connectivity index (χ4n) is 5.55. The minimum absolute atomic E-state index is 0.0977. The number of hydrogen-bond acceptors (Lipinski definition) is 4. The molecule has 4 heteroatoms. The molecule has 0 aromatic heterocycles. The first-order valence-corrected chi connectivity index (χ1v) is 12.0. The molecule has 0 heterocycles. The number of hydrogen-bond donors (Lipinski definition) is 2. The first-order chi connectivity index (χ1) is 17.6. The van der Waals surface area contributed by atoms with Crippen LogP contribution in [0.15, 0.2) is 96.6 Å². The zero-order valence-electron chi connectivity index (χ0n) is 19.6. The molecule has 0 amide bonds. The summed E-state index contributed by atoms with van der Waals surface area (Å²) in [5, 5.41) is 21.3. The van der Waals surface area contributed by atoms with Crippen LogP contribution in [-0.4, -0.2) is 21.8 Å². The van der Waals surface area contributed by atoms with Gasteiger partial charge >= 0.3 is 0 Å². The van der Waals surface area contributed by atoms with E-state index in [0.29, 0.717) is 34.3 Å². The highest BCUT2D eigenvalue weighted by atomic mass is 16.3. The lowest BCUT2D eigenvalue weighted by atomic mass is 9.77. The Labute approximate surface area is 208 Å². The predicted molar refractivity (Wildman–Crippen MR) is 140 cm³/mol. The van der Waals surface area contributed by atoms with Crippen molar-refractivity contribution in [3.05, 3.63) is 130 Å². The summed E-state index contributed by atoms with van der Waals surface area (Å²) in [5.74, 6) is -0.541. The van der Waals surface area contributed by atoms with Gasteiger partial charge in [-0.25, -0.2) is 0 Å². The summed E-state index contributed by atoms with van der Waals surface area (Å²) in [7, 11) is 0. The molecule has 1 atom stereocenters. The van der Waals surface area contributed by atoms with Gasteiger partial charge in [0.1, 0.15) is 0 Å². The van der Waals surface area contributed by atoms with E-state index in [2.05, 4.69) is 24.3 Å². The van der Waals surface area contributed by atoms with Gasteiger partial charge in [-0.15, -0.1) is 0 Å². The summed E-state index contributed by atoms with van der Waals surface area (Å²) >= 11 is 0. The van der Waals surface area contributed by atoms with Crippen molar-refractivity contribution in [2.75, 3.05) is 0 Å². The van der Waals surface area contributed by atoms with E-state index in [1.54, 1.807) is 48.5 Å². The number of benzene rings is 4. The van der Waals surface area contributed by atoms with Crippen molar-refractivity contribution in [3.8, 4) is 0 Å². The second-order valence-electron chi connectivity index (χ2n) is 9.37. The molecular formula is C32H24O4. The molecule has 0 saturated carbocycles. The van der Waals surface area contributed by atoms with Crippen molar-refractivity contribution in [2.24, 2.45) is 0 Å². The summed E-state index contributed by atoms with van der Waals surface area (Å²) in [6, 6.07) is 26.6. The Morgan fingerprint density at radius 2 is 1.28 bits per heavy atom. The fourth-order valence-corrected chi connectivity index (χ4v) is 5.55. The lowest BCUT2D eigenvalue weighted by Gasteiger charge is -2.24. The Bertz CT molecular complexity index is 1580. The smallest absolute Gasteiger partial charge is 0.191 e. The van der Waals surface area contributed by atoms with Crippen LogP contribution in [0.3, 0.4) is 0 Å². The molecule has 0 spiro atoms. The van der Waals surface area contributed by atoms with E-state index in [4.69, 9.17) is 0 Å². The molecule has 0 fully saturated rings. The normalized spacial score (nSPS) is 17.2. The molecule has 2 aliphatic carbocycles. The summed E-state index contributed by atoms with van der Waals surface area (Å²) < 4.78 is 0. The second kappa shape index (κ2) is 8.83. The van der Waals surface area contributed by atoms with Crippen LogP contribution in [0.5, 0.6) is 0 Å². The third-order valence-corrected chi connectivity index (χ3v) is 7.32. The molecule has 4 aromatic carbocycles. The van der Waals surface area contributed by atoms with E-state index in [1.165, 1.54) is 17.0 Å². The molecule has 4 aromatic rings. The van der Waals surface area contributed by atoms with Gasteiger partial charge < -0.3 is 10.2 Å². The monoisotopic (exact) mass is 472 g/mol. The summed E-state index contributed by atoms with van der Waals surface area (Å²) in [5.41, 5.74) is 6.28. The molecule has 4 nitrogen and oxygen atoms in total. The van der Waals surface area contributed by atoms with Crippen LogP contribution < -0.4 is 0 Å². The molecule has 0 bridgehead atoms. The number of rotatable bonds is 5. The van der Waals surface area contributed by atoms with Crippen LogP contribution in [0.4, 0.5) is 0 Å². The molecular weight excluding hydrogens is 448 g/mol. The molecule has 36 heavy (non-hydrogen) atoms. The number of allylic oxidation sites excluding steroid dienone is 4. The molecule has 2 aliphatic rings. The lowest BCUT2D eigenvalue weighted by molar-refractivity contribution is -0.113. The Balaban J connectivity index is 1.50. The highest BCUT2D eigenvalue weighted by Gasteiger charge is 2.37. The Morgan fingerprint density at radius 1 is 0.694 bits per heavy atom. The first kappa shape index (κ1) is 22.4. The van der Waals surface area contributed by atoms with Gasteiger partial charge in [0.2, 0.25) is 0 Å². The third-order valence-electron chi connectivity index (χ3n) is 7.32. The highest BCUT2D eigenvalue weighted by Crippen LogP contribution is 2.46. The number of ketones is 2. The van der Waals surface area contributed by atoms with Gasteiger partial charge in [-0.05, 0) is 56.6 Å². The van der Waals surface area contributed by atoms with Gasteiger partial charge in [0.25, 0.3) is 0 Å². The second-order valence-corrected chi connectivity index (χ2v) is 9.37.